The van der Waals surface area contributed by atoms with Crippen molar-refractivity contribution in [3.05, 3.63) is 257 Å². The molecule has 0 aliphatic heterocycles. The first-order valence-corrected chi connectivity index (χ1v) is 46.7. The largest absolute Gasteiger partial charge is 0.494 e. The predicted molar refractivity (Wildman–Crippen MR) is 490 cm³/mol. The molecule has 10 aromatic carbocycles. The molecule has 3 nitrogen and oxygen atoms in total. The SMILES string of the molecule is C=C(C)C(=O)OCCCCCCCCCCOc1ccc(-c2ccc(-c3ccc4c(c3)C3(c5cc(-c6ccc7c(c6)C6(c8cc(-c9ccc(-c%10ccc(-c%11ccc%12c(c%11)C%11(c%13cc(C)ccc%13-%12)C%12(CCC)CCCC%11(CCC)CCC%12)cc%10)cc9)ccc8-7)C7(CC)CCCC6(CC)CCC7)ccc5-4)C4(C)CCCC3(C)CCC4)cc2)cc1. The molecule has 3 heteroatoms. The Balaban J connectivity index is 0.597. The maximum absolute atomic E-state index is 11.6. The molecule has 10 aromatic rings. The monoisotopic (exact) mass is 1540 g/mol. The maximum atomic E-state index is 11.6. The number of ether oxygens (including phenoxy) is 2. The van der Waals surface area contributed by atoms with Crippen molar-refractivity contribution in [1.29, 1.82) is 0 Å². The van der Waals surface area contributed by atoms with Crippen molar-refractivity contribution in [2.24, 2.45) is 32.5 Å². The van der Waals surface area contributed by atoms with E-state index in [2.05, 4.69) is 261 Å². The van der Waals surface area contributed by atoms with Crippen LogP contribution in [0.2, 0.25) is 0 Å². The number of hydrogen-bond acceptors (Lipinski definition) is 3. The number of carbonyl (C=O) groups excluding carboxylic acids is 1. The van der Waals surface area contributed by atoms with E-state index >= 15 is 0 Å². The zero-order valence-electron chi connectivity index (χ0n) is 72.1. The van der Waals surface area contributed by atoms with E-state index in [0.717, 1.165) is 31.6 Å². The fraction of sp³-hybridized carbons (Fsp3) is 0.447. The van der Waals surface area contributed by atoms with E-state index in [1.807, 2.05) is 0 Å². The highest BCUT2D eigenvalue weighted by atomic mass is 16.5. The molecule has 6 fully saturated rings. The molecule has 602 valence electrons. The molecule has 0 unspecified atom stereocenters. The number of hydrogen-bond donors (Lipinski definition) is 0. The molecule has 19 rings (SSSR count). The van der Waals surface area contributed by atoms with Gasteiger partial charge in [0, 0.05) is 21.8 Å². The van der Waals surface area contributed by atoms with Crippen LogP contribution >= 0.6 is 0 Å². The minimum absolute atomic E-state index is 0.0540. The number of aryl methyl sites for hydroxylation is 1. The Labute approximate surface area is 701 Å². The molecular formula is C114H128O3. The molecule has 0 N–H and O–H groups in total. The summed E-state index contributed by atoms with van der Waals surface area (Å²) in [7, 11) is 0. The maximum Gasteiger partial charge on any atom is 0.333 e. The lowest BCUT2D eigenvalue weighted by Crippen LogP contribution is -2.62. The van der Waals surface area contributed by atoms with Crippen LogP contribution in [0, 0.1) is 39.4 Å². The summed E-state index contributed by atoms with van der Waals surface area (Å²) in [4.78, 5) is 11.6. The fourth-order valence-corrected chi connectivity index (χ4v) is 29.3. The molecule has 0 saturated heterocycles. The molecule has 0 atom stereocenters. The van der Waals surface area contributed by atoms with E-state index in [1.165, 1.54) is 292 Å². The lowest BCUT2D eigenvalue weighted by atomic mass is 9.36. The summed E-state index contributed by atoms with van der Waals surface area (Å²) in [5.41, 5.74) is 37.4. The third-order valence-electron chi connectivity index (χ3n) is 33.9. The molecule has 117 heavy (non-hydrogen) atoms. The minimum Gasteiger partial charge on any atom is -0.494 e. The first kappa shape index (κ1) is 78.1. The van der Waals surface area contributed by atoms with Crippen LogP contribution in [0.25, 0.3) is 100 Å². The number of fused-ring (bicyclic) bond motifs is 9. The van der Waals surface area contributed by atoms with Crippen molar-refractivity contribution in [3.8, 4) is 106 Å². The highest BCUT2D eigenvalue weighted by Gasteiger charge is 2.72. The summed E-state index contributed by atoms with van der Waals surface area (Å²) in [5.74, 6) is 0.657. The third-order valence-corrected chi connectivity index (χ3v) is 33.9. The van der Waals surface area contributed by atoms with Gasteiger partial charge in [0.1, 0.15) is 5.75 Å². The van der Waals surface area contributed by atoms with E-state index in [0.29, 0.717) is 23.0 Å². The Morgan fingerprint density at radius 3 is 0.923 bits per heavy atom. The molecule has 0 radical (unpaired) electrons. The van der Waals surface area contributed by atoms with Crippen molar-refractivity contribution >= 4 is 5.97 Å². The lowest BCUT2D eigenvalue weighted by molar-refractivity contribution is -0.139. The highest BCUT2D eigenvalue weighted by molar-refractivity contribution is 5.92. The molecule has 6 saturated carbocycles. The Kier molecular flexibility index (Phi) is 20.3. The van der Waals surface area contributed by atoms with Gasteiger partial charge in [-0.1, -0.05) is 307 Å². The van der Waals surface area contributed by atoms with Crippen LogP contribution < -0.4 is 4.74 Å². The zero-order valence-corrected chi connectivity index (χ0v) is 72.1. The van der Waals surface area contributed by atoms with Crippen LogP contribution in [0.3, 0.4) is 0 Å². The van der Waals surface area contributed by atoms with Gasteiger partial charge in [-0.3, -0.25) is 0 Å². The summed E-state index contributed by atoms with van der Waals surface area (Å²) in [6, 6.07) is 84.0. The summed E-state index contributed by atoms with van der Waals surface area (Å²) >= 11 is 0. The quantitative estimate of drug-likeness (QED) is 0.0325. The fourth-order valence-electron chi connectivity index (χ4n) is 29.3. The molecule has 3 spiro atoms. The van der Waals surface area contributed by atoms with Crippen molar-refractivity contribution < 1.29 is 14.3 Å². The molecular weight excluding hydrogens is 1420 g/mol. The van der Waals surface area contributed by atoms with Crippen LogP contribution in [0.15, 0.2) is 218 Å². The van der Waals surface area contributed by atoms with Crippen LogP contribution in [0.5, 0.6) is 5.75 Å². The Morgan fingerprint density at radius 1 is 0.316 bits per heavy atom. The lowest BCUT2D eigenvalue weighted by Gasteiger charge is -2.67. The van der Waals surface area contributed by atoms with Gasteiger partial charge in [0.05, 0.1) is 13.2 Å². The van der Waals surface area contributed by atoms with Crippen molar-refractivity contribution in [2.75, 3.05) is 13.2 Å². The second-order valence-electron chi connectivity index (χ2n) is 39.5. The van der Waals surface area contributed by atoms with Gasteiger partial charge in [0.25, 0.3) is 0 Å². The summed E-state index contributed by atoms with van der Waals surface area (Å²) in [6.45, 7) is 24.4. The van der Waals surface area contributed by atoms with Crippen molar-refractivity contribution in [1.82, 2.24) is 0 Å². The predicted octanol–water partition coefficient (Wildman–Crippen LogP) is 31.9. The van der Waals surface area contributed by atoms with Gasteiger partial charge in [-0.15, -0.1) is 0 Å². The Bertz CT molecular complexity index is 5320. The molecule has 6 bridgehead atoms. The molecule has 0 aromatic heterocycles. The Hall–Kier alpha value is -8.79. The van der Waals surface area contributed by atoms with Crippen LogP contribution in [0.1, 0.15) is 293 Å². The van der Waals surface area contributed by atoms with Gasteiger partial charge < -0.3 is 9.47 Å². The van der Waals surface area contributed by atoms with E-state index < -0.39 is 0 Å². The minimum atomic E-state index is -0.280. The number of carbonyl (C=O) groups is 1. The number of rotatable bonds is 25. The summed E-state index contributed by atoms with van der Waals surface area (Å²) in [6.07, 6.45) is 40.4. The van der Waals surface area contributed by atoms with E-state index in [9.17, 15) is 4.79 Å². The van der Waals surface area contributed by atoms with Gasteiger partial charge in [0.2, 0.25) is 0 Å². The van der Waals surface area contributed by atoms with E-state index in [1.54, 1.807) is 40.3 Å². The average molecular weight is 1550 g/mol. The highest BCUT2D eigenvalue weighted by Crippen LogP contribution is 2.80. The number of esters is 1. The van der Waals surface area contributed by atoms with Gasteiger partial charge in [0.15, 0.2) is 0 Å². The van der Waals surface area contributed by atoms with Crippen molar-refractivity contribution in [3.63, 3.8) is 0 Å². The third kappa shape index (κ3) is 11.9. The first-order chi connectivity index (χ1) is 57.0. The summed E-state index contributed by atoms with van der Waals surface area (Å²) in [5, 5.41) is 0. The van der Waals surface area contributed by atoms with E-state index in [4.69, 9.17) is 9.47 Å². The number of unbranched alkanes of at least 4 members (excludes halogenated alkanes) is 7. The molecule has 0 heterocycles. The van der Waals surface area contributed by atoms with Gasteiger partial charge in [-0.2, -0.15) is 0 Å². The van der Waals surface area contributed by atoms with Crippen molar-refractivity contribution in [2.45, 2.75) is 277 Å². The smallest absolute Gasteiger partial charge is 0.333 e. The second kappa shape index (κ2) is 30.5. The summed E-state index contributed by atoms with van der Waals surface area (Å²) < 4.78 is 11.5. The van der Waals surface area contributed by atoms with Gasteiger partial charge in [-0.05, 0) is 338 Å². The average Bonchev–Trinajstić information content (AvgIpc) is 1.54. The Morgan fingerprint density at radius 2 is 0.581 bits per heavy atom. The second-order valence-corrected chi connectivity index (χ2v) is 39.5. The molecule has 9 aliphatic rings. The van der Waals surface area contributed by atoms with Crippen LogP contribution in [0.4, 0.5) is 0 Å². The molecule has 0 amide bonds. The van der Waals surface area contributed by atoms with Gasteiger partial charge >= 0.3 is 5.97 Å². The van der Waals surface area contributed by atoms with Crippen LogP contribution in [-0.2, 0) is 25.8 Å². The van der Waals surface area contributed by atoms with Crippen LogP contribution in [-0.4, -0.2) is 19.2 Å². The van der Waals surface area contributed by atoms with E-state index in [-0.39, 0.29) is 43.9 Å². The first-order valence-electron chi connectivity index (χ1n) is 46.7. The normalized spacial score (nSPS) is 27.1. The number of benzene rings is 10. The zero-order chi connectivity index (χ0) is 80.2. The standard InChI is InChI=1S/C114H128O3/c1-10-56-110-66-26-68-111(57-11-2,69-27-67-110)114(110)99-72-79(7)28-50-93(99)96-52-44-89(75-104(96)114)86-37-31-81(32-38-86)80-29-35-85(36-30-80)88-45-53-97-98-55-47-91(77-103(98)113(102(97)74-88)108(12-3)62-24-64-109(113,13-4)65-25-63-108)90-46-54-95-94-51-43-87(73-100(94)112(101(95)76-90)106(8)58-22-60-107(112,9)61-23-59-106)84-39-33-82(34-40-84)83-41-48-92(49-42-83)116-70-20-18-16-14-15-17-19-21-71-117-105(115)78(5)6/h28-55,72-77H,5,10-27,56-71H2,1-4,6-9H3. The van der Waals surface area contributed by atoms with Gasteiger partial charge in [-0.25, -0.2) is 4.79 Å². The molecule has 9 aliphatic carbocycles. The topological polar surface area (TPSA) is 35.5 Å².